The van der Waals surface area contributed by atoms with Crippen LogP contribution in [0.1, 0.15) is 5.56 Å². The Kier molecular flexibility index (Phi) is 5.47. The van der Waals surface area contributed by atoms with Gasteiger partial charge < -0.3 is 10.1 Å². The van der Waals surface area contributed by atoms with E-state index in [-0.39, 0.29) is 0 Å². The van der Waals surface area contributed by atoms with Crippen LogP contribution in [0.5, 0.6) is 0 Å². The van der Waals surface area contributed by atoms with Gasteiger partial charge in [-0.05, 0) is 17.7 Å². The van der Waals surface area contributed by atoms with Crippen LogP contribution in [0.25, 0.3) is 11.4 Å². The molecule has 0 saturated carbocycles. The van der Waals surface area contributed by atoms with Crippen molar-refractivity contribution >= 4 is 22.5 Å². The molecule has 1 N–H and O–H groups in total. The van der Waals surface area contributed by atoms with Gasteiger partial charge in [0.25, 0.3) is 0 Å². The van der Waals surface area contributed by atoms with Crippen molar-refractivity contribution < 1.29 is 4.74 Å². The van der Waals surface area contributed by atoms with Gasteiger partial charge in [-0.2, -0.15) is 14.5 Å². The van der Waals surface area contributed by atoms with E-state index in [1.165, 1.54) is 17.1 Å². The predicted molar refractivity (Wildman–Crippen MR) is 105 cm³/mol. The summed E-state index contributed by atoms with van der Waals surface area (Å²) in [5.74, 6) is 1.39. The summed E-state index contributed by atoms with van der Waals surface area (Å²) in [6.07, 6.45) is 5.43. The molecule has 7 nitrogen and oxygen atoms in total. The first-order valence-corrected chi connectivity index (χ1v) is 9.30. The van der Waals surface area contributed by atoms with Gasteiger partial charge in [0, 0.05) is 23.9 Å². The molecule has 3 heterocycles. The Morgan fingerprint density at radius 3 is 2.81 bits per heavy atom. The highest BCUT2D eigenvalue weighted by Crippen LogP contribution is 2.22. The Balaban J connectivity index is 1.30. The Morgan fingerprint density at radius 2 is 1.96 bits per heavy atom. The van der Waals surface area contributed by atoms with Gasteiger partial charge in [-0.15, -0.1) is 0 Å². The first kappa shape index (κ1) is 17.3. The molecule has 0 aliphatic heterocycles. The van der Waals surface area contributed by atoms with Crippen LogP contribution in [0.15, 0.2) is 67.1 Å². The summed E-state index contributed by atoms with van der Waals surface area (Å²) in [5, 5.41) is 8.20. The van der Waals surface area contributed by atoms with Gasteiger partial charge in [0.2, 0.25) is 5.13 Å². The quantitative estimate of drug-likeness (QED) is 0.471. The molecule has 0 radical (unpaired) electrons. The number of rotatable bonds is 8. The minimum atomic E-state index is 0.590. The lowest BCUT2D eigenvalue weighted by molar-refractivity contribution is 0.111. The summed E-state index contributed by atoms with van der Waals surface area (Å²) >= 11 is 1.29. The molecule has 0 aliphatic rings. The number of anilines is 2. The maximum atomic E-state index is 5.70. The molecule has 0 atom stereocenters. The molecule has 0 spiro atoms. The zero-order chi connectivity index (χ0) is 18.3. The third-order valence-electron chi connectivity index (χ3n) is 3.79. The van der Waals surface area contributed by atoms with E-state index in [4.69, 9.17) is 4.74 Å². The Morgan fingerprint density at radius 1 is 1.07 bits per heavy atom. The van der Waals surface area contributed by atoms with Crippen molar-refractivity contribution in [1.29, 1.82) is 0 Å². The highest BCUT2D eigenvalue weighted by Gasteiger charge is 2.09. The average Bonchev–Trinajstić information content (AvgIpc) is 3.36. The van der Waals surface area contributed by atoms with Gasteiger partial charge in [0.1, 0.15) is 5.82 Å². The van der Waals surface area contributed by atoms with Crippen LogP contribution >= 0.6 is 11.5 Å². The van der Waals surface area contributed by atoms with Gasteiger partial charge >= 0.3 is 0 Å². The van der Waals surface area contributed by atoms with Crippen molar-refractivity contribution in [3.63, 3.8) is 0 Å². The lowest BCUT2D eigenvalue weighted by Gasteiger charge is -2.04. The Labute approximate surface area is 160 Å². The van der Waals surface area contributed by atoms with Crippen LogP contribution < -0.4 is 5.32 Å². The molecule has 0 fully saturated rings. The number of nitrogens with zero attached hydrogens (tertiary/aromatic N) is 5. The molecule has 27 heavy (non-hydrogen) atoms. The molecule has 0 saturated heterocycles. The largest absolute Gasteiger partial charge is 0.375 e. The zero-order valence-electron chi connectivity index (χ0n) is 14.5. The second-order valence-corrected chi connectivity index (χ2v) is 6.55. The van der Waals surface area contributed by atoms with E-state index in [9.17, 15) is 0 Å². The third-order valence-corrected chi connectivity index (χ3v) is 4.42. The van der Waals surface area contributed by atoms with Gasteiger partial charge in [-0.25, -0.2) is 4.98 Å². The normalized spacial score (nSPS) is 10.8. The molecule has 4 aromatic rings. The standard InChI is InChI=1S/C19H18N6OS/c1-2-6-15(7-3-1)14-26-11-10-25-13-16(12-21-25)18-23-19(27-24-18)22-17-8-4-5-9-20-17/h1-9,12-13H,10-11,14H2,(H,20,22,23,24). The van der Waals surface area contributed by atoms with E-state index in [1.807, 2.05) is 47.3 Å². The summed E-state index contributed by atoms with van der Waals surface area (Å²) in [6, 6.07) is 15.8. The highest BCUT2D eigenvalue weighted by molar-refractivity contribution is 7.09. The minimum absolute atomic E-state index is 0.590. The van der Waals surface area contributed by atoms with Crippen molar-refractivity contribution in [3.05, 3.63) is 72.7 Å². The highest BCUT2D eigenvalue weighted by atomic mass is 32.1. The molecule has 136 valence electrons. The lowest BCUT2D eigenvalue weighted by atomic mass is 10.2. The molecule has 0 aliphatic carbocycles. The van der Waals surface area contributed by atoms with E-state index in [1.54, 1.807) is 12.4 Å². The lowest BCUT2D eigenvalue weighted by Crippen LogP contribution is -2.06. The zero-order valence-corrected chi connectivity index (χ0v) is 15.3. The summed E-state index contributed by atoms with van der Waals surface area (Å²) in [7, 11) is 0. The maximum absolute atomic E-state index is 5.70. The Bertz CT molecular complexity index is 970. The smallest absolute Gasteiger partial charge is 0.208 e. The van der Waals surface area contributed by atoms with Gasteiger partial charge in [-0.1, -0.05) is 36.4 Å². The van der Waals surface area contributed by atoms with Crippen LogP contribution in [0, 0.1) is 0 Å². The fraction of sp³-hybridized carbons (Fsp3) is 0.158. The fourth-order valence-electron chi connectivity index (χ4n) is 2.46. The molecular formula is C19H18N6OS. The van der Waals surface area contributed by atoms with Crippen molar-refractivity contribution in [3.8, 4) is 11.4 Å². The van der Waals surface area contributed by atoms with E-state index in [0.29, 0.717) is 30.7 Å². The monoisotopic (exact) mass is 378 g/mol. The Hall–Kier alpha value is -3.10. The topological polar surface area (TPSA) is 77.8 Å². The van der Waals surface area contributed by atoms with Crippen LogP contribution in [0.4, 0.5) is 10.9 Å². The molecule has 8 heteroatoms. The number of pyridine rings is 1. The van der Waals surface area contributed by atoms with E-state index < -0.39 is 0 Å². The maximum Gasteiger partial charge on any atom is 0.208 e. The number of nitrogens with one attached hydrogen (secondary N) is 1. The first-order chi connectivity index (χ1) is 13.4. The predicted octanol–water partition coefficient (Wildman–Crippen LogP) is 3.76. The van der Waals surface area contributed by atoms with Gasteiger partial charge in [0.15, 0.2) is 5.82 Å². The fourth-order valence-corrected chi connectivity index (χ4v) is 3.06. The van der Waals surface area contributed by atoms with Crippen LogP contribution in [0.2, 0.25) is 0 Å². The molecule has 0 bridgehead atoms. The van der Waals surface area contributed by atoms with Crippen molar-refractivity contribution in [2.75, 3.05) is 11.9 Å². The van der Waals surface area contributed by atoms with E-state index in [0.717, 1.165) is 11.4 Å². The number of hydrogen-bond donors (Lipinski definition) is 1. The average molecular weight is 378 g/mol. The molecule has 1 aromatic carbocycles. The summed E-state index contributed by atoms with van der Waals surface area (Å²) in [6.45, 7) is 1.87. The number of ether oxygens (including phenoxy) is 1. The number of hydrogen-bond acceptors (Lipinski definition) is 7. The van der Waals surface area contributed by atoms with Crippen molar-refractivity contribution in [1.82, 2.24) is 24.1 Å². The molecular weight excluding hydrogens is 360 g/mol. The summed E-state index contributed by atoms with van der Waals surface area (Å²) in [5.41, 5.74) is 2.04. The van der Waals surface area contributed by atoms with Crippen LogP contribution in [-0.4, -0.2) is 30.7 Å². The van der Waals surface area contributed by atoms with Crippen molar-refractivity contribution in [2.45, 2.75) is 13.2 Å². The van der Waals surface area contributed by atoms with Crippen LogP contribution in [0.3, 0.4) is 0 Å². The summed E-state index contributed by atoms with van der Waals surface area (Å²) < 4.78 is 11.9. The number of benzene rings is 1. The van der Waals surface area contributed by atoms with E-state index >= 15 is 0 Å². The van der Waals surface area contributed by atoms with Crippen LogP contribution in [-0.2, 0) is 17.9 Å². The second kappa shape index (κ2) is 8.52. The third kappa shape index (κ3) is 4.75. The molecule has 0 unspecified atom stereocenters. The molecule has 3 aromatic heterocycles. The van der Waals surface area contributed by atoms with Gasteiger partial charge in [-0.3, -0.25) is 4.68 Å². The molecule has 4 rings (SSSR count). The number of aromatic nitrogens is 5. The second-order valence-electron chi connectivity index (χ2n) is 5.79. The van der Waals surface area contributed by atoms with Crippen molar-refractivity contribution in [2.24, 2.45) is 0 Å². The summed E-state index contributed by atoms with van der Waals surface area (Å²) in [4.78, 5) is 8.72. The first-order valence-electron chi connectivity index (χ1n) is 8.53. The minimum Gasteiger partial charge on any atom is -0.375 e. The van der Waals surface area contributed by atoms with E-state index in [2.05, 4.69) is 36.9 Å². The van der Waals surface area contributed by atoms with Gasteiger partial charge in [0.05, 0.1) is 31.5 Å². The SMILES string of the molecule is c1ccc(COCCn2cc(-c3nsc(Nc4ccccn4)n3)cn2)cc1. The molecule has 0 amide bonds.